The Morgan fingerprint density at radius 3 is 2.50 bits per heavy atom. The highest BCUT2D eigenvalue weighted by atomic mass is 19.4. The summed E-state index contributed by atoms with van der Waals surface area (Å²) in [7, 11) is 2.70. The molecule has 0 heterocycles. The molecule has 1 aromatic rings. The Morgan fingerprint density at radius 1 is 1.40 bits per heavy atom. The Kier molecular flexibility index (Phi) is 5.38. The summed E-state index contributed by atoms with van der Waals surface area (Å²) in [6.07, 6.45) is -4.37. The summed E-state index contributed by atoms with van der Waals surface area (Å²) in [6.45, 7) is -0.831. The molecule has 0 bridgehead atoms. The zero-order valence-corrected chi connectivity index (χ0v) is 11.3. The molecule has 1 atom stereocenters. The summed E-state index contributed by atoms with van der Waals surface area (Å²) in [6, 6.07) is 6.33. The first-order chi connectivity index (χ1) is 9.31. The zero-order chi connectivity index (χ0) is 15.3. The number of para-hydroxylation sites is 1. The third-order valence-electron chi connectivity index (χ3n) is 2.96. The van der Waals surface area contributed by atoms with Gasteiger partial charge in [0, 0.05) is 20.1 Å². The number of hydrogen-bond donors (Lipinski definition) is 1. The standard InChI is InChI=1S/C13H17F3N2O2/c1-18(8-9(7-17)13(14,15)16)11-6-4-3-5-10(11)12(19)20-2/h3-6,9H,7-8,17H2,1-2H3. The van der Waals surface area contributed by atoms with Gasteiger partial charge in [-0.1, -0.05) is 12.1 Å². The van der Waals surface area contributed by atoms with Crippen LogP contribution in [0.25, 0.3) is 0 Å². The van der Waals surface area contributed by atoms with Crippen molar-refractivity contribution in [2.24, 2.45) is 11.7 Å². The number of rotatable bonds is 5. The minimum absolute atomic E-state index is 0.218. The molecule has 20 heavy (non-hydrogen) atoms. The molecule has 0 aliphatic carbocycles. The van der Waals surface area contributed by atoms with Crippen molar-refractivity contribution < 1.29 is 22.7 Å². The van der Waals surface area contributed by atoms with E-state index in [9.17, 15) is 18.0 Å². The number of ether oxygens (including phenoxy) is 1. The molecule has 0 amide bonds. The van der Waals surface area contributed by atoms with Gasteiger partial charge in [-0.2, -0.15) is 13.2 Å². The normalized spacial score (nSPS) is 12.9. The van der Waals surface area contributed by atoms with E-state index < -0.39 is 24.6 Å². The van der Waals surface area contributed by atoms with Gasteiger partial charge < -0.3 is 15.4 Å². The summed E-state index contributed by atoms with van der Waals surface area (Å²) in [5.74, 6) is -2.25. The third kappa shape index (κ3) is 3.86. The summed E-state index contributed by atoms with van der Waals surface area (Å²) in [5.41, 5.74) is 5.77. The minimum atomic E-state index is -4.37. The highest BCUT2D eigenvalue weighted by molar-refractivity contribution is 5.95. The van der Waals surface area contributed by atoms with Crippen LogP contribution in [0, 0.1) is 5.92 Å². The average molecular weight is 290 g/mol. The Morgan fingerprint density at radius 2 is 2.00 bits per heavy atom. The van der Waals surface area contributed by atoms with Crippen LogP contribution in [0.3, 0.4) is 0 Å². The molecule has 0 saturated heterocycles. The quantitative estimate of drug-likeness (QED) is 0.843. The lowest BCUT2D eigenvalue weighted by Gasteiger charge is -2.27. The van der Waals surface area contributed by atoms with E-state index in [1.54, 1.807) is 18.2 Å². The lowest BCUT2D eigenvalue weighted by Crippen LogP contribution is -2.39. The van der Waals surface area contributed by atoms with Gasteiger partial charge >= 0.3 is 12.1 Å². The lowest BCUT2D eigenvalue weighted by molar-refractivity contribution is -0.168. The highest BCUT2D eigenvalue weighted by Crippen LogP contribution is 2.28. The zero-order valence-electron chi connectivity index (χ0n) is 11.3. The number of esters is 1. The topological polar surface area (TPSA) is 55.6 Å². The van der Waals surface area contributed by atoms with Crippen molar-refractivity contribution in [3.63, 3.8) is 0 Å². The Hall–Kier alpha value is -1.76. The molecular weight excluding hydrogens is 273 g/mol. The van der Waals surface area contributed by atoms with Gasteiger partial charge in [-0.15, -0.1) is 0 Å². The lowest BCUT2D eigenvalue weighted by atomic mass is 10.1. The van der Waals surface area contributed by atoms with Gasteiger partial charge in [0.1, 0.15) is 0 Å². The van der Waals surface area contributed by atoms with E-state index in [-0.39, 0.29) is 12.1 Å². The molecule has 0 aliphatic heterocycles. The van der Waals surface area contributed by atoms with Crippen LogP contribution < -0.4 is 10.6 Å². The average Bonchev–Trinajstić information content (AvgIpc) is 2.42. The molecule has 1 unspecified atom stereocenters. The molecule has 4 nitrogen and oxygen atoms in total. The van der Waals surface area contributed by atoms with E-state index >= 15 is 0 Å². The Labute approximate surface area is 115 Å². The third-order valence-corrected chi connectivity index (χ3v) is 2.96. The summed E-state index contributed by atoms with van der Waals surface area (Å²) < 4.78 is 42.8. The summed E-state index contributed by atoms with van der Waals surface area (Å²) in [4.78, 5) is 13.0. The number of nitrogens with zero attached hydrogens (tertiary/aromatic N) is 1. The molecule has 0 aliphatic rings. The molecular formula is C13H17F3N2O2. The van der Waals surface area contributed by atoms with Gasteiger partial charge in [-0.3, -0.25) is 0 Å². The molecule has 0 saturated carbocycles. The van der Waals surface area contributed by atoms with Crippen LogP contribution in [-0.4, -0.2) is 39.4 Å². The monoisotopic (exact) mass is 290 g/mol. The van der Waals surface area contributed by atoms with Gasteiger partial charge in [0.15, 0.2) is 0 Å². The van der Waals surface area contributed by atoms with Gasteiger partial charge in [-0.05, 0) is 12.1 Å². The van der Waals surface area contributed by atoms with Crippen LogP contribution >= 0.6 is 0 Å². The predicted octanol–water partition coefficient (Wildman–Crippen LogP) is 2.05. The van der Waals surface area contributed by atoms with E-state index in [0.29, 0.717) is 5.69 Å². The van der Waals surface area contributed by atoms with Crippen molar-refractivity contribution in [2.75, 3.05) is 32.1 Å². The second-order valence-electron chi connectivity index (χ2n) is 4.36. The number of carbonyl (C=O) groups is 1. The second-order valence-corrected chi connectivity index (χ2v) is 4.36. The van der Waals surface area contributed by atoms with E-state index in [2.05, 4.69) is 4.74 Å². The molecule has 2 N–H and O–H groups in total. The van der Waals surface area contributed by atoms with Gasteiger partial charge in [0.2, 0.25) is 0 Å². The van der Waals surface area contributed by atoms with Crippen LogP contribution in [0.1, 0.15) is 10.4 Å². The first-order valence-corrected chi connectivity index (χ1v) is 5.96. The molecule has 1 rings (SSSR count). The number of anilines is 1. The van der Waals surface area contributed by atoms with Crippen molar-refractivity contribution in [3.05, 3.63) is 29.8 Å². The number of benzene rings is 1. The highest BCUT2D eigenvalue weighted by Gasteiger charge is 2.39. The van der Waals surface area contributed by atoms with Gasteiger partial charge in [0.05, 0.1) is 24.3 Å². The van der Waals surface area contributed by atoms with Gasteiger partial charge in [-0.25, -0.2) is 4.79 Å². The molecule has 0 fully saturated rings. The maximum atomic E-state index is 12.7. The van der Waals surface area contributed by atoms with Crippen LogP contribution in [-0.2, 0) is 4.74 Å². The molecule has 0 spiro atoms. The Bertz CT molecular complexity index is 463. The van der Waals surface area contributed by atoms with Crippen LogP contribution in [0.4, 0.5) is 18.9 Å². The van der Waals surface area contributed by atoms with Crippen LogP contribution in [0.15, 0.2) is 24.3 Å². The first-order valence-electron chi connectivity index (χ1n) is 5.96. The van der Waals surface area contributed by atoms with E-state index in [1.807, 2.05) is 0 Å². The summed E-state index contributed by atoms with van der Waals surface area (Å²) >= 11 is 0. The van der Waals surface area contributed by atoms with Crippen molar-refractivity contribution in [1.82, 2.24) is 0 Å². The maximum absolute atomic E-state index is 12.7. The van der Waals surface area contributed by atoms with Crippen molar-refractivity contribution >= 4 is 11.7 Å². The smallest absolute Gasteiger partial charge is 0.394 e. The maximum Gasteiger partial charge on any atom is 0.394 e. The molecule has 7 heteroatoms. The SMILES string of the molecule is COC(=O)c1ccccc1N(C)CC(CN)C(F)(F)F. The largest absolute Gasteiger partial charge is 0.465 e. The van der Waals surface area contributed by atoms with E-state index in [1.165, 1.54) is 25.1 Å². The minimum Gasteiger partial charge on any atom is -0.465 e. The van der Waals surface area contributed by atoms with Crippen LogP contribution in [0.2, 0.25) is 0 Å². The van der Waals surface area contributed by atoms with Gasteiger partial charge in [0.25, 0.3) is 0 Å². The summed E-state index contributed by atoms with van der Waals surface area (Å²) in [5, 5.41) is 0. The van der Waals surface area contributed by atoms with Crippen molar-refractivity contribution in [2.45, 2.75) is 6.18 Å². The second kappa shape index (κ2) is 6.60. The number of carbonyl (C=O) groups excluding carboxylic acids is 1. The Balaban J connectivity index is 2.98. The number of alkyl halides is 3. The molecule has 112 valence electrons. The van der Waals surface area contributed by atoms with E-state index in [0.717, 1.165) is 0 Å². The van der Waals surface area contributed by atoms with Crippen molar-refractivity contribution in [3.8, 4) is 0 Å². The fourth-order valence-corrected chi connectivity index (χ4v) is 1.83. The molecule has 0 aromatic heterocycles. The fourth-order valence-electron chi connectivity index (χ4n) is 1.83. The predicted molar refractivity (Wildman–Crippen MR) is 69.7 cm³/mol. The number of hydrogen-bond acceptors (Lipinski definition) is 4. The van der Waals surface area contributed by atoms with Crippen molar-refractivity contribution in [1.29, 1.82) is 0 Å². The fraction of sp³-hybridized carbons (Fsp3) is 0.462. The number of methoxy groups -OCH3 is 1. The van der Waals surface area contributed by atoms with E-state index in [4.69, 9.17) is 5.73 Å². The molecule has 1 aromatic carbocycles. The number of nitrogens with two attached hydrogens (primary N) is 1. The first kappa shape index (κ1) is 16.3. The number of halogens is 3. The molecule has 0 radical (unpaired) electrons. The van der Waals surface area contributed by atoms with Crippen LogP contribution in [0.5, 0.6) is 0 Å².